The Balaban J connectivity index is 0.00000324. The third-order valence-corrected chi connectivity index (χ3v) is 5.26. The maximum absolute atomic E-state index is 12.4. The summed E-state index contributed by atoms with van der Waals surface area (Å²) < 4.78 is 0. The predicted molar refractivity (Wildman–Crippen MR) is 83.5 cm³/mol. The standard InChI is InChI=1S/C15H30N2O.ClH/c1-4-14(9-7-8-10-14)12-17-13(18)15(5-2,6-3)11-16;/h4-12,16H2,1-3H3,(H,17,18);1H. The largest absolute Gasteiger partial charge is 0.355 e. The SMILES string of the molecule is CCC1(CNC(=O)C(CC)(CC)CN)CCCC1.Cl. The molecule has 0 saturated heterocycles. The molecule has 1 aliphatic carbocycles. The van der Waals surface area contributed by atoms with E-state index in [2.05, 4.69) is 26.1 Å². The number of hydrogen-bond donors (Lipinski definition) is 2. The molecule has 1 fully saturated rings. The first-order valence-corrected chi connectivity index (χ1v) is 7.56. The Morgan fingerprint density at radius 1 is 1.21 bits per heavy atom. The first kappa shape index (κ1) is 18.7. The molecule has 0 atom stereocenters. The molecule has 4 heteroatoms. The van der Waals surface area contributed by atoms with E-state index in [1.807, 2.05) is 0 Å². The molecule has 0 unspecified atom stereocenters. The van der Waals surface area contributed by atoms with E-state index in [1.54, 1.807) is 0 Å². The van der Waals surface area contributed by atoms with E-state index in [0.29, 0.717) is 12.0 Å². The normalized spacial score (nSPS) is 17.9. The van der Waals surface area contributed by atoms with Gasteiger partial charge in [-0.15, -0.1) is 12.4 Å². The molecule has 3 N–H and O–H groups in total. The molecule has 1 saturated carbocycles. The molecule has 0 radical (unpaired) electrons. The Morgan fingerprint density at radius 3 is 2.11 bits per heavy atom. The van der Waals surface area contributed by atoms with Crippen molar-refractivity contribution in [2.45, 2.75) is 65.7 Å². The Morgan fingerprint density at radius 2 is 1.74 bits per heavy atom. The van der Waals surface area contributed by atoms with Crippen LogP contribution in [0.2, 0.25) is 0 Å². The van der Waals surface area contributed by atoms with E-state index < -0.39 is 0 Å². The lowest BCUT2D eigenvalue weighted by atomic mass is 9.79. The second kappa shape index (κ2) is 8.11. The van der Waals surface area contributed by atoms with Crippen LogP contribution in [0.15, 0.2) is 0 Å². The van der Waals surface area contributed by atoms with Crippen LogP contribution < -0.4 is 11.1 Å². The van der Waals surface area contributed by atoms with Gasteiger partial charge in [0.25, 0.3) is 0 Å². The molecule has 0 spiro atoms. The van der Waals surface area contributed by atoms with E-state index in [9.17, 15) is 4.79 Å². The summed E-state index contributed by atoms with van der Waals surface area (Å²) >= 11 is 0. The number of rotatable bonds is 7. The molecule has 0 aromatic rings. The molecule has 1 aliphatic rings. The predicted octanol–water partition coefficient (Wildman–Crippen LogP) is 3.26. The minimum absolute atomic E-state index is 0. The second-order valence-corrected chi connectivity index (χ2v) is 5.93. The van der Waals surface area contributed by atoms with Crippen molar-refractivity contribution in [1.29, 1.82) is 0 Å². The lowest BCUT2D eigenvalue weighted by Crippen LogP contribution is -2.48. The van der Waals surface area contributed by atoms with E-state index in [1.165, 1.54) is 32.1 Å². The molecule has 19 heavy (non-hydrogen) atoms. The molecule has 1 rings (SSSR count). The van der Waals surface area contributed by atoms with Gasteiger partial charge in [-0.1, -0.05) is 33.6 Å². The molecule has 0 bridgehead atoms. The van der Waals surface area contributed by atoms with E-state index in [0.717, 1.165) is 19.4 Å². The average Bonchev–Trinajstić information content (AvgIpc) is 2.88. The van der Waals surface area contributed by atoms with Gasteiger partial charge in [0.05, 0.1) is 5.41 Å². The zero-order valence-electron chi connectivity index (χ0n) is 12.8. The van der Waals surface area contributed by atoms with Crippen molar-refractivity contribution in [3.63, 3.8) is 0 Å². The smallest absolute Gasteiger partial charge is 0.227 e. The summed E-state index contributed by atoms with van der Waals surface area (Å²) in [7, 11) is 0. The van der Waals surface area contributed by atoms with Crippen molar-refractivity contribution in [2.75, 3.05) is 13.1 Å². The lowest BCUT2D eigenvalue weighted by Gasteiger charge is -2.33. The fourth-order valence-electron chi connectivity index (χ4n) is 3.19. The lowest BCUT2D eigenvalue weighted by molar-refractivity contribution is -0.131. The first-order valence-electron chi connectivity index (χ1n) is 7.56. The highest BCUT2D eigenvalue weighted by Crippen LogP contribution is 2.40. The maximum atomic E-state index is 12.4. The summed E-state index contributed by atoms with van der Waals surface area (Å²) in [5.41, 5.74) is 5.82. The summed E-state index contributed by atoms with van der Waals surface area (Å²) in [5, 5.41) is 3.19. The molecule has 0 heterocycles. The van der Waals surface area contributed by atoms with E-state index >= 15 is 0 Å². The van der Waals surface area contributed by atoms with Crippen LogP contribution in [0.25, 0.3) is 0 Å². The van der Waals surface area contributed by atoms with Gasteiger partial charge < -0.3 is 11.1 Å². The molecular formula is C15H31ClN2O. The highest BCUT2D eigenvalue weighted by molar-refractivity contribution is 5.85. The van der Waals surface area contributed by atoms with Crippen LogP contribution in [0.1, 0.15) is 65.7 Å². The number of halogens is 1. The van der Waals surface area contributed by atoms with Crippen LogP contribution in [-0.2, 0) is 4.79 Å². The average molecular weight is 291 g/mol. The van der Waals surface area contributed by atoms with Gasteiger partial charge in [-0.2, -0.15) is 0 Å². The summed E-state index contributed by atoms with van der Waals surface area (Å²) in [6, 6.07) is 0. The molecule has 3 nitrogen and oxygen atoms in total. The third-order valence-electron chi connectivity index (χ3n) is 5.26. The van der Waals surface area contributed by atoms with E-state index in [4.69, 9.17) is 5.73 Å². The van der Waals surface area contributed by atoms with Gasteiger partial charge in [0.15, 0.2) is 0 Å². The van der Waals surface area contributed by atoms with Crippen molar-refractivity contribution < 1.29 is 4.79 Å². The quantitative estimate of drug-likeness (QED) is 0.756. The van der Waals surface area contributed by atoms with Gasteiger partial charge in [0, 0.05) is 13.1 Å². The second-order valence-electron chi connectivity index (χ2n) is 5.93. The Kier molecular flexibility index (Phi) is 7.99. The van der Waals surface area contributed by atoms with Crippen molar-refractivity contribution in [2.24, 2.45) is 16.6 Å². The van der Waals surface area contributed by atoms with Crippen LogP contribution in [0, 0.1) is 10.8 Å². The number of carbonyl (C=O) groups is 1. The first-order chi connectivity index (χ1) is 8.58. The molecule has 1 amide bonds. The Hall–Kier alpha value is -0.280. The molecule has 114 valence electrons. The highest BCUT2D eigenvalue weighted by atomic mass is 35.5. The fraction of sp³-hybridized carbons (Fsp3) is 0.933. The minimum atomic E-state index is -0.354. The maximum Gasteiger partial charge on any atom is 0.227 e. The summed E-state index contributed by atoms with van der Waals surface area (Å²) in [6.07, 6.45) is 7.97. The van der Waals surface area contributed by atoms with Crippen molar-refractivity contribution >= 4 is 18.3 Å². The molecular weight excluding hydrogens is 260 g/mol. The van der Waals surface area contributed by atoms with Crippen LogP contribution in [0.3, 0.4) is 0 Å². The zero-order valence-corrected chi connectivity index (χ0v) is 13.6. The van der Waals surface area contributed by atoms with Gasteiger partial charge in [-0.3, -0.25) is 4.79 Å². The number of nitrogens with one attached hydrogen (secondary N) is 1. The van der Waals surface area contributed by atoms with Gasteiger partial charge in [-0.05, 0) is 37.5 Å². The Bertz CT molecular complexity index is 263. The van der Waals surface area contributed by atoms with Gasteiger partial charge in [0.2, 0.25) is 5.91 Å². The topological polar surface area (TPSA) is 55.1 Å². The van der Waals surface area contributed by atoms with Crippen LogP contribution in [0.5, 0.6) is 0 Å². The third kappa shape index (κ3) is 4.09. The van der Waals surface area contributed by atoms with Gasteiger partial charge in [0.1, 0.15) is 0 Å². The fourth-order valence-corrected chi connectivity index (χ4v) is 3.19. The summed E-state index contributed by atoms with van der Waals surface area (Å²) in [5.74, 6) is 0.162. The summed E-state index contributed by atoms with van der Waals surface area (Å²) in [4.78, 5) is 12.4. The minimum Gasteiger partial charge on any atom is -0.355 e. The molecule has 0 aromatic heterocycles. The highest BCUT2D eigenvalue weighted by Gasteiger charge is 2.36. The number of nitrogens with two attached hydrogens (primary N) is 1. The van der Waals surface area contributed by atoms with Crippen molar-refractivity contribution in [1.82, 2.24) is 5.32 Å². The molecule has 0 aromatic carbocycles. The van der Waals surface area contributed by atoms with Crippen molar-refractivity contribution in [3.8, 4) is 0 Å². The number of carbonyl (C=O) groups excluding carboxylic acids is 1. The van der Waals surface area contributed by atoms with Crippen LogP contribution in [0.4, 0.5) is 0 Å². The van der Waals surface area contributed by atoms with Crippen LogP contribution in [-0.4, -0.2) is 19.0 Å². The monoisotopic (exact) mass is 290 g/mol. The number of amides is 1. The van der Waals surface area contributed by atoms with Gasteiger partial charge >= 0.3 is 0 Å². The van der Waals surface area contributed by atoms with Crippen LogP contribution >= 0.6 is 12.4 Å². The van der Waals surface area contributed by atoms with Gasteiger partial charge in [-0.25, -0.2) is 0 Å². The summed E-state index contributed by atoms with van der Waals surface area (Å²) in [6.45, 7) is 7.64. The van der Waals surface area contributed by atoms with Crippen molar-refractivity contribution in [3.05, 3.63) is 0 Å². The zero-order chi connectivity index (χ0) is 13.6. The number of hydrogen-bond acceptors (Lipinski definition) is 2. The molecule has 0 aliphatic heterocycles. The Labute approximate surface area is 124 Å². The van der Waals surface area contributed by atoms with E-state index in [-0.39, 0.29) is 23.7 Å².